The van der Waals surface area contributed by atoms with Gasteiger partial charge in [-0.2, -0.15) is 0 Å². The Morgan fingerprint density at radius 3 is 2.81 bits per heavy atom. The van der Waals surface area contributed by atoms with Crippen LogP contribution in [0, 0.1) is 0 Å². The quantitative estimate of drug-likeness (QED) is 0.801. The molecule has 7 heteroatoms. The molecule has 5 nitrogen and oxygen atoms in total. The van der Waals surface area contributed by atoms with Crippen LogP contribution in [-0.4, -0.2) is 33.7 Å². The van der Waals surface area contributed by atoms with Crippen molar-refractivity contribution >= 4 is 21.4 Å². The number of ether oxygens (including phenoxy) is 1. The number of sulfonamides is 1. The van der Waals surface area contributed by atoms with Crippen molar-refractivity contribution in [2.24, 2.45) is 0 Å². The topological polar surface area (TPSA) is 67.4 Å². The van der Waals surface area contributed by atoms with E-state index < -0.39 is 10.0 Å². The molecule has 0 spiro atoms. The van der Waals surface area contributed by atoms with Crippen molar-refractivity contribution in [3.8, 4) is 0 Å². The van der Waals surface area contributed by atoms with Crippen LogP contribution in [-0.2, 0) is 21.3 Å². The second-order valence-electron chi connectivity index (χ2n) is 5.72. The highest BCUT2D eigenvalue weighted by molar-refractivity contribution is 7.91. The van der Waals surface area contributed by atoms with Crippen molar-refractivity contribution in [2.75, 3.05) is 13.2 Å². The Hall–Kier alpha value is -0.470. The lowest BCUT2D eigenvalue weighted by Crippen LogP contribution is -2.35. The number of thiophene rings is 1. The van der Waals surface area contributed by atoms with Crippen LogP contribution in [0.5, 0.6) is 0 Å². The highest BCUT2D eigenvalue weighted by Crippen LogP contribution is 2.24. The largest absolute Gasteiger partial charge is 0.377 e. The first-order chi connectivity index (χ1) is 10.1. The second-order valence-corrected chi connectivity index (χ2v) is 8.88. The first-order valence-corrected chi connectivity index (χ1v) is 9.87. The predicted octanol–water partition coefficient (Wildman–Crippen LogP) is 1.85. The molecular weight excluding hydrogens is 308 g/mol. The summed E-state index contributed by atoms with van der Waals surface area (Å²) in [6.07, 6.45) is 5.61. The molecule has 1 aromatic heterocycles. The Morgan fingerprint density at radius 2 is 2.10 bits per heavy atom. The van der Waals surface area contributed by atoms with Crippen molar-refractivity contribution in [2.45, 2.75) is 55.0 Å². The summed E-state index contributed by atoms with van der Waals surface area (Å²) in [7, 11) is -3.40. The normalized spacial score (nSPS) is 23.3. The van der Waals surface area contributed by atoms with Gasteiger partial charge in [-0.25, -0.2) is 13.1 Å². The van der Waals surface area contributed by atoms with E-state index in [4.69, 9.17) is 4.74 Å². The molecule has 3 rings (SSSR count). The number of nitrogens with one attached hydrogen (secondary N) is 2. The zero-order chi connectivity index (χ0) is 14.7. The minimum atomic E-state index is -3.40. The fourth-order valence-corrected chi connectivity index (χ4v) is 4.79. The molecule has 0 bridgehead atoms. The van der Waals surface area contributed by atoms with Gasteiger partial charge < -0.3 is 10.1 Å². The minimum Gasteiger partial charge on any atom is -0.377 e. The Morgan fingerprint density at radius 1 is 1.24 bits per heavy atom. The van der Waals surface area contributed by atoms with Gasteiger partial charge in [0.05, 0.1) is 6.10 Å². The van der Waals surface area contributed by atoms with Gasteiger partial charge in [0, 0.05) is 30.6 Å². The Labute approximate surface area is 130 Å². The fraction of sp³-hybridized carbons (Fsp3) is 0.714. The zero-order valence-electron chi connectivity index (χ0n) is 12.0. The van der Waals surface area contributed by atoms with Crippen LogP contribution in [0.3, 0.4) is 0 Å². The molecule has 1 atom stereocenters. The molecule has 0 amide bonds. The number of hydrogen-bond acceptors (Lipinski definition) is 5. The van der Waals surface area contributed by atoms with Crippen molar-refractivity contribution in [1.82, 2.24) is 10.0 Å². The summed E-state index contributed by atoms with van der Waals surface area (Å²) in [5, 5.41) is 3.40. The molecule has 2 fully saturated rings. The second kappa shape index (κ2) is 6.75. The van der Waals surface area contributed by atoms with Gasteiger partial charge in [-0.05, 0) is 44.2 Å². The van der Waals surface area contributed by atoms with Gasteiger partial charge in [0.2, 0.25) is 10.0 Å². The molecular formula is C14H22N2O3S2. The maximum absolute atomic E-state index is 12.3. The lowest BCUT2D eigenvalue weighted by molar-refractivity contribution is 0.0200. The maximum Gasteiger partial charge on any atom is 0.250 e. The third-order valence-electron chi connectivity index (χ3n) is 3.82. The van der Waals surface area contributed by atoms with E-state index in [0.29, 0.717) is 16.8 Å². The van der Waals surface area contributed by atoms with E-state index in [9.17, 15) is 8.42 Å². The minimum absolute atomic E-state index is 0.0180. The standard InChI is InChI=1S/C14H22N2O3S2/c17-21(18,16-9-12-3-1-2-8-19-12)14-7-6-13(20-14)10-15-11-4-5-11/h6-7,11-12,15-16H,1-5,8-10H2. The van der Waals surface area contributed by atoms with Crippen LogP contribution in [0.4, 0.5) is 0 Å². The molecule has 0 radical (unpaired) electrons. The average Bonchev–Trinajstić information content (AvgIpc) is 3.20. The van der Waals surface area contributed by atoms with E-state index >= 15 is 0 Å². The summed E-state index contributed by atoms with van der Waals surface area (Å²) in [6, 6.07) is 4.22. The van der Waals surface area contributed by atoms with Gasteiger partial charge in [-0.15, -0.1) is 11.3 Å². The molecule has 1 aliphatic carbocycles. The summed E-state index contributed by atoms with van der Waals surface area (Å²) in [5.74, 6) is 0. The van der Waals surface area contributed by atoms with Gasteiger partial charge in [-0.1, -0.05) is 0 Å². The molecule has 2 aliphatic rings. The summed E-state index contributed by atoms with van der Waals surface area (Å²) >= 11 is 1.34. The Kier molecular flexibility index (Phi) is 4.96. The predicted molar refractivity (Wildman–Crippen MR) is 83.0 cm³/mol. The van der Waals surface area contributed by atoms with Crippen molar-refractivity contribution < 1.29 is 13.2 Å². The smallest absolute Gasteiger partial charge is 0.250 e. The number of hydrogen-bond donors (Lipinski definition) is 2. The lowest BCUT2D eigenvalue weighted by atomic mass is 10.1. The van der Waals surface area contributed by atoms with E-state index in [1.165, 1.54) is 24.2 Å². The maximum atomic E-state index is 12.3. The van der Waals surface area contributed by atoms with Crippen LogP contribution in [0.25, 0.3) is 0 Å². The van der Waals surface area contributed by atoms with Crippen molar-refractivity contribution in [1.29, 1.82) is 0 Å². The van der Waals surface area contributed by atoms with Crippen LogP contribution in [0.15, 0.2) is 16.3 Å². The van der Waals surface area contributed by atoms with Gasteiger partial charge >= 0.3 is 0 Å². The molecule has 21 heavy (non-hydrogen) atoms. The third kappa shape index (κ3) is 4.50. The summed E-state index contributed by atoms with van der Waals surface area (Å²) in [4.78, 5) is 1.07. The monoisotopic (exact) mass is 330 g/mol. The van der Waals surface area contributed by atoms with Gasteiger partial charge in [-0.3, -0.25) is 0 Å². The molecule has 1 saturated carbocycles. The molecule has 1 aromatic rings. The Balaban J connectivity index is 1.53. The van der Waals surface area contributed by atoms with Gasteiger partial charge in [0.15, 0.2) is 0 Å². The van der Waals surface area contributed by atoms with Crippen LogP contribution >= 0.6 is 11.3 Å². The molecule has 2 N–H and O–H groups in total. The van der Waals surface area contributed by atoms with Gasteiger partial charge in [0.1, 0.15) is 4.21 Å². The van der Waals surface area contributed by atoms with E-state index in [0.717, 1.165) is 37.3 Å². The van der Waals surface area contributed by atoms with Crippen molar-refractivity contribution in [3.05, 3.63) is 17.0 Å². The van der Waals surface area contributed by atoms with Crippen molar-refractivity contribution in [3.63, 3.8) is 0 Å². The van der Waals surface area contributed by atoms with Crippen LogP contribution < -0.4 is 10.0 Å². The first kappa shape index (κ1) is 15.4. The fourth-order valence-electron chi connectivity index (χ4n) is 2.37. The van der Waals surface area contributed by atoms with Crippen LogP contribution in [0.2, 0.25) is 0 Å². The highest BCUT2D eigenvalue weighted by Gasteiger charge is 2.22. The lowest BCUT2D eigenvalue weighted by Gasteiger charge is -2.22. The Bertz CT molecular complexity index is 561. The van der Waals surface area contributed by atoms with E-state index in [2.05, 4.69) is 10.0 Å². The third-order valence-corrected chi connectivity index (χ3v) is 6.82. The molecule has 118 valence electrons. The average molecular weight is 330 g/mol. The molecule has 1 saturated heterocycles. The summed E-state index contributed by atoms with van der Waals surface area (Å²) in [5.41, 5.74) is 0. The van der Waals surface area contributed by atoms with Gasteiger partial charge in [0.25, 0.3) is 0 Å². The summed E-state index contributed by atoms with van der Waals surface area (Å²) in [6.45, 7) is 1.87. The molecule has 0 aromatic carbocycles. The van der Waals surface area contributed by atoms with Crippen LogP contribution in [0.1, 0.15) is 37.0 Å². The van der Waals surface area contributed by atoms with E-state index in [1.807, 2.05) is 6.07 Å². The molecule has 2 heterocycles. The molecule has 1 aliphatic heterocycles. The SMILES string of the molecule is O=S(=O)(NCC1CCCCO1)c1ccc(CNC2CC2)s1. The number of rotatable bonds is 7. The zero-order valence-corrected chi connectivity index (χ0v) is 13.6. The molecule has 1 unspecified atom stereocenters. The van der Waals surface area contributed by atoms with E-state index in [-0.39, 0.29) is 6.10 Å². The summed E-state index contributed by atoms with van der Waals surface area (Å²) < 4.78 is 33.1. The highest BCUT2D eigenvalue weighted by atomic mass is 32.2. The first-order valence-electron chi connectivity index (χ1n) is 7.57. The van der Waals surface area contributed by atoms with E-state index in [1.54, 1.807) is 6.07 Å².